The number of hydrogen-bond acceptors (Lipinski definition) is 4. The van der Waals surface area contributed by atoms with E-state index in [1.807, 2.05) is 6.07 Å². The molecular formula is C24H28BrN3O3. The van der Waals surface area contributed by atoms with Gasteiger partial charge in [-0.25, -0.2) is 0 Å². The molecule has 1 fully saturated rings. The normalized spacial score (nSPS) is 16.9. The van der Waals surface area contributed by atoms with Crippen LogP contribution in [-0.2, 0) is 22.7 Å². The largest absolute Gasteiger partial charge is 0.482 e. The molecule has 0 unspecified atom stereocenters. The Labute approximate surface area is 191 Å². The minimum atomic E-state index is -0.220. The molecule has 2 aliphatic rings. The number of rotatable bonds is 6. The molecule has 0 radical (unpaired) electrons. The van der Waals surface area contributed by atoms with Gasteiger partial charge in [-0.15, -0.1) is 0 Å². The molecule has 4 rings (SSSR count). The van der Waals surface area contributed by atoms with Crippen molar-refractivity contribution in [3.8, 4) is 5.75 Å². The van der Waals surface area contributed by atoms with Crippen LogP contribution in [0.5, 0.6) is 5.75 Å². The number of carbonyl (C=O) groups excluding carboxylic acids is 2. The predicted molar refractivity (Wildman–Crippen MR) is 124 cm³/mol. The zero-order chi connectivity index (χ0) is 21.6. The van der Waals surface area contributed by atoms with Crippen molar-refractivity contribution in [2.75, 3.05) is 31.1 Å². The summed E-state index contributed by atoms with van der Waals surface area (Å²) in [5.41, 5.74) is 2.97. The Morgan fingerprint density at radius 2 is 1.71 bits per heavy atom. The van der Waals surface area contributed by atoms with Gasteiger partial charge in [-0.2, -0.15) is 0 Å². The molecule has 0 saturated carbocycles. The van der Waals surface area contributed by atoms with E-state index in [9.17, 15) is 9.59 Å². The molecule has 2 aromatic carbocycles. The topological polar surface area (TPSA) is 61.9 Å². The first kappa shape index (κ1) is 21.8. The molecule has 0 aliphatic carbocycles. The summed E-state index contributed by atoms with van der Waals surface area (Å²) < 4.78 is 6.34. The fraction of sp³-hybridized carbons (Fsp3) is 0.417. The molecule has 0 bridgehead atoms. The summed E-state index contributed by atoms with van der Waals surface area (Å²) in [4.78, 5) is 28.8. The van der Waals surface area contributed by atoms with E-state index in [0.717, 1.165) is 16.6 Å². The number of nitrogens with zero attached hydrogens (tertiary/aromatic N) is 2. The highest BCUT2D eigenvalue weighted by molar-refractivity contribution is 9.10. The third-order valence-electron chi connectivity index (χ3n) is 5.78. The van der Waals surface area contributed by atoms with Crippen molar-refractivity contribution in [2.45, 2.75) is 38.8 Å². The standard InChI is InChI=1S/C24H28BrN3O3/c25-20-9-10-21-22(13-20)31-17-24(30)28(21)16-23(29)26-14-18-5-7-19(8-6-18)15-27-11-3-1-2-4-12-27/h5-10,13H,1-4,11-12,14-17H2,(H,26,29). The highest BCUT2D eigenvalue weighted by atomic mass is 79.9. The zero-order valence-corrected chi connectivity index (χ0v) is 19.2. The zero-order valence-electron chi connectivity index (χ0n) is 17.6. The number of likely N-dealkylation sites (tertiary alicyclic amines) is 1. The number of amides is 2. The minimum Gasteiger partial charge on any atom is -0.482 e. The summed E-state index contributed by atoms with van der Waals surface area (Å²) in [6.45, 7) is 3.70. The quantitative estimate of drug-likeness (QED) is 0.674. The molecule has 7 heteroatoms. The van der Waals surface area contributed by atoms with Crippen LogP contribution in [0.3, 0.4) is 0 Å². The van der Waals surface area contributed by atoms with E-state index >= 15 is 0 Å². The predicted octanol–water partition coefficient (Wildman–Crippen LogP) is 3.87. The lowest BCUT2D eigenvalue weighted by atomic mass is 10.1. The first-order valence-corrected chi connectivity index (χ1v) is 11.7. The first-order valence-electron chi connectivity index (χ1n) is 10.9. The van der Waals surface area contributed by atoms with Crippen LogP contribution in [0, 0.1) is 0 Å². The summed E-state index contributed by atoms with van der Waals surface area (Å²) in [7, 11) is 0. The van der Waals surface area contributed by atoms with Gasteiger partial charge in [0.15, 0.2) is 6.61 Å². The van der Waals surface area contributed by atoms with E-state index in [1.165, 1.54) is 49.2 Å². The second-order valence-electron chi connectivity index (χ2n) is 8.16. The monoisotopic (exact) mass is 485 g/mol. The highest BCUT2D eigenvalue weighted by Crippen LogP contribution is 2.34. The van der Waals surface area contributed by atoms with E-state index in [2.05, 4.69) is 50.4 Å². The fourth-order valence-electron chi connectivity index (χ4n) is 4.07. The molecule has 2 aliphatic heterocycles. The van der Waals surface area contributed by atoms with Crippen LogP contribution < -0.4 is 15.0 Å². The summed E-state index contributed by atoms with van der Waals surface area (Å²) in [5.74, 6) is 0.183. The molecule has 2 amide bonds. The summed E-state index contributed by atoms with van der Waals surface area (Å²) in [6.07, 6.45) is 5.26. The van der Waals surface area contributed by atoms with E-state index in [4.69, 9.17) is 4.74 Å². The Morgan fingerprint density at radius 3 is 2.45 bits per heavy atom. The number of carbonyl (C=O) groups is 2. The van der Waals surface area contributed by atoms with Gasteiger partial charge >= 0.3 is 0 Å². The van der Waals surface area contributed by atoms with Gasteiger partial charge in [-0.1, -0.05) is 53.0 Å². The van der Waals surface area contributed by atoms with Gasteiger partial charge in [0.1, 0.15) is 12.3 Å². The SMILES string of the molecule is O=C(CN1C(=O)COc2cc(Br)ccc21)NCc1ccc(CN2CCCCCC2)cc1. The Hall–Kier alpha value is -2.38. The van der Waals surface area contributed by atoms with Gasteiger partial charge in [0.2, 0.25) is 5.91 Å². The van der Waals surface area contributed by atoms with E-state index in [0.29, 0.717) is 18.0 Å². The van der Waals surface area contributed by atoms with Crippen molar-refractivity contribution in [1.82, 2.24) is 10.2 Å². The summed E-state index contributed by atoms with van der Waals surface area (Å²) >= 11 is 3.40. The van der Waals surface area contributed by atoms with Crippen LogP contribution in [0.25, 0.3) is 0 Å². The average molecular weight is 486 g/mol. The number of halogens is 1. The number of fused-ring (bicyclic) bond motifs is 1. The van der Waals surface area contributed by atoms with Crippen LogP contribution in [-0.4, -0.2) is 43.0 Å². The van der Waals surface area contributed by atoms with E-state index in [1.54, 1.807) is 12.1 Å². The van der Waals surface area contributed by atoms with Gasteiger partial charge < -0.3 is 10.1 Å². The molecule has 0 atom stereocenters. The third kappa shape index (κ3) is 5.86. The Bertz CT molecular complexity index is 924. The maximum atomic E-state index is 12.5. The van der Waals surface area contributed by atoms with Crippen molar-refractivity contribution in [2.24, 2.45) is 0 Å². The Morgan fingerprint density at radius 1 is 1.00 bits per heavy atom. The maximum Gasteiger partial charge on any atom is 0.265 e. The van der Waals surface area contributed by atoms with Gasteiger partial charge in [-0.3, -0.25) is 19.4 Å². The van der Waals surface area contributed by atoms with Gasteiger partial charge in [0.05, 0.1) is 5.69 Å². The molecule has 2 heterocycles. The second kappa shape index (κ2) is 10.3. The molecule has 0 spiro atoms. The average Bonchev–Trinajstić information content (AvgIpc) is 3.04. The van der Waals surface area contributed by atoms with Crippen LogP contribution in [0.15, 0.2) is 46.9 Å². The number of nitrogens with one attached hydrogen (secondary N) is 1. The van der Waals surface area contributed by atoms with E-state index in [-0.39, 0.29) is 25.0 Å². The molecular weight excluding hydrogens is 458 g/mol. The Kier molecular flexibility index (Phi) is 7.25. The second-order valence-corrected chi connectivity index (χ2v) is 9.08. The van der Waals surface area contributed by atoms with Gasteiger partial charge in [0, 0.05) is 17.6 Å². The molecule has 31 heavy (non-hydrogen) atoms. The summed E-state index contributed by atoms with van der Waals surface area (Å²) in [5, 5.41) is 2.92. The smallest absolute Gasteiger partial charge is 0.265 e. The molecule has 1 saturated heterocycles. The van der Waals surface area contributed by atoms with Crippen molar-refractivity contribution in [3.05, 3.63) is 58.1 Å². The fourth-order valence-corrected chi connectivity index (χ4v) is 4.41. The lowest BCUT2D eigenvalue weighted by Crippen LogP contribution is -2.45. The number of ether oxygens (including phenoxy) is 1. The van der Waals surface area contributed by atoms with Gasteiger partial charge in [-0.05, 0) is 55.3 Å². The molecule has 164 valence electrons. The van der Waals surface area contributed by atoms with Crippen LogP contribution in [0.2, 0.25) is 0 Å². The molecule has 6 nitrogen and oxygen atoms in total. The first-order chi connectivity index (χ1) is 15.1. The van der Waals surface area contributed by atoms with Crippen molar-refractivity contribution < 1.29 is 14.3 Å². The van der Waals surface area contributed by atoms with Gasteiger partial charge in [0.25, 0.3) is 5.91 Å². The van der Waals surface area contributed by atoms with Crippen molar-refractivity contribution in [1.29, 1.82) is 0 Å². The lowest BCUT2D eigenvalue weighted by Gasteiger charge is -2.29. The van der Waals surface area contributed by atoms with Crippen molar-refractivity contribution >= 4 is 33.4 Å². The highest BCUT2D eigenvalue weighted by Gasteiger charge is 2.27. The van der Waals surface area contributed by atoms with Crippen LogP contribution >= 0.6 is 15.9 Å². The Balaban J connectivity index is 1.29. The van der Waals surface area contributed by atoms with Crippen molar-refractivity contribution in [3.63, 3.8) is 0 Å². The maximum absolute atomic E-state index is 12.5. The van der Waals surface area contributed by atoms with Crippen LogP contribution in [0.1, 0.15) is 36.8 Å². The molecule has 2 aromatic rings. The van der Waals surface area contributed by atoms with Crippen LogP contribution in [0.4, 0.5) is 5.69 Å². The van der Waals surface area contributed by atoms with E-state index < -0.39 is 0 Å². The number of hydrogen-bond donors (Lipinski definition) is 1. The number of anilines is 1. The summed E-state index contributed by atoms with van der Waals surface area (Å²) in [6, 6.07) is 13.9. The molecule has 0 aromatic heterocycles. The number of benzene rings is 2. The third-order valence-corrected chi connectivity index (χ3v) is 6.28. The lowest BCUT2D eigenvalue weighted by molar-refractivity contribution is -0.125. The molecule has 1 N–H and O–H groups in total. The minimum absolute atomic E-state index is 0.0239.